The van der Waals surface area contributed by atoms with Crippen LogP contribution in [0.2, 0.25) is 0 Å². The third kappa shape index (κ3) is 26.8. The van der Waals surface area contributed by atoms with Crippen LogP contribution in [0, 0.1) is 23.7 Å². The zero-order chi connectivity index (χ0) is 62.0. The van der Waals surface area contributed by atoms with Crippen LogP contribution in [0.3, 0.4) is 0 Å². The van der Waals surface area contributed by atoms with Gasteiger partial charge in [0.05, 0.1) is 13.0 Å². The molecule has 0 aliphatic carbocycles. The summed E-state index contributed by atoms with van der Waals surface area (Å²) in [6.07, 6.45) is 2.30. The Bertz CT molecular complexity index is 2450. The van der Waals surface area contributed by atoms with E-state index < -0.39 is 102 Å². The molecule has 462 valence electrons. The molecule has 0 saturated carbocycles. The number of benzene rings is 2. The number of unbranched alkanes of at least 4 members (excludes halogenated alkanes) is 1. The Labute approximate surface area is 491 Å². The molecule has 22 heteroatoms. The summed E-state index contributed by atoms with van der Waals surface area (Å²) in [6, 6.07) is 9.98. The fourth-order valence-corrected chi connectivity index (χ4v) is 9.60. The number of amides is 10. The molecule has 3 rings (SSSR count). The molecule has 0 spiro atoms. The largest absolute Gasteiger partial charge is 0.444 e. The van der Waals surface area contributed by atoms with E-state index in [9.17, 15) is 47.9 Å². The highest BCUT2D eigenvalue weighted by atomic mass is 16.6. The number of ether oxygens (including phenoxy) is 1. The molecule has 10 N–H and O–H groups in total. The summed E-state index contributed by atoms with van der Waals surface area (Å²) in [5, 5.41) is 16.9. The SMILES string of the molecule is CC(=O)N1CCC[C@H]1C(=O)N[C@@H](CC(C)C)C(=O)N(CCCCNC(=O)OC(C)(C)C)CC(=O)N[C@@H](CCc1ccccc1)C(=O)N[C@@H](CC(C)C)C(=O)N[C@@H](CC(C)C)C(=O)N[C@H](CC(C)C)C(=O)NNC(=O)Cc1ccc(CN)cc1. The Morgan fingerprint density at radius 1 is 0.614 bits per heavy atom. The van der Waals surface area contributed by atoms with Crippen LogP contribution in [0.5, 0.6) is 0 Å². The van der Waals surface area contributed by atoms with Crippen molar-refractivity contribution in [1.82, 2.24) is 52.6 Å². The molecule has 22 nitrogen and oxygen atoms in total. The number of nitrogens with two attached hydrogens (primary N) is 1. The average Bonchev–Trinajstić information content (AvgIpc) is 4.05. The highest BCUT2D eigenvalue weighted by molar-refractivity contribution is 5.97. The van der Waals surface area contributed by atoms with Crippen LogP contribution in [-0.2, 0) is 67.3 Å². The van der Waals surface area contributed by atoms with Gasteiger partial charge in [0.15, 0.2) is 0 Å². The number of aryl methyl sites for hydroxylation is 1. The number of carbonyl (C=O) groups is 10. The topological polar surface area (TPSA) is 309 Å². The van der Waals surface area contributed by atoms with Gasteiger partial charge in [0.1, 0.15) is 41.9 Å². The molecule has 2 aromatic rings. The second-order valence-electron chi connectivity index (χ2n) is 24.4. The number of hydrazine groups is 1. The lowest BCUT2D eigenvalue weighted by Gasteiger charge is -2.31. The van der Waals surface area contributed by atoms with Crippen molar-refractivity contribution >= 4 is 59.3 Å². The molecule has 2 aromatic carbocycles. The highest BCUT2D eigenvalue weighted by Crippen LogP contribution is 2.20. The van der Waals surface area contributed by atoms with Crippen LogP contribution in [0.1, 0.15) is 158 Å². The molecule has 83 heavy (non-hydrogen) atoms. The number of hydrogen-bond acceptors (Lipinski definition) is 12. The summed E-state index contributed by atoms with van der Waals surface area (Å²) in [6.45, 7) is 22.1. The molecule has 0 bridgehead atoms. The fraction of sp³-hybridized carbons (Fsp3) is 0.639. The van der Waals surface area contributed by atoms with E-state index in [-0.39, 0.29) is 81.2 Å². The average molecular weight is 1160 g/mol. The summed E-state index contributed by atoms with van der Waals surface area (Å²) >= 11 is 0. The lowest BCUT2D eigenvalue weighted by atomic mass is 9.98. The minimum absolute atomic E-state index is 0.0201. The van der Waals surface area contributed by atoms with Crippen LogP contribution in [0.15, 0.2) is 54.6 Å². The fourth-order valence-electron chi connectivity index (χ4n) is 9.60. The minimum atomic E-state index is -1.23. The second-order valence-corrected chi connectivity index (χ2v) is 24.4. The lowest BCUT2D eigenvalue weighted by Crippen LogP contribution is -2.60. The second kappa shape index (κ2) is 35.1. The number of nitrogens with zero attached hydrogens (tertiary/aromatic N) is 2. The molecular formula is C61H97N11O11. The molecule has 1 aliphatic rings. The maximum atomic E-state index is 14.7. The van der Waals surface area contributed by atoms with E-state index in [1.54, 1.807) is 32.9 Å². The molecule has 1 heterocycles. The van der Waals surface area contributed by atoms with Gasteiger partial charge >= 0.3 is 6.09 Å². The predicted octanol–water partition coefficient (Wildman–Crippen LogP) is 4.22. The first-order valence-electron chi connectivity index (χ1n) is 29.5. The van der Waals surface area contributed by atoms with E-state index >= 15 is 0 Å². The number of nitrogens with one attached hydrogen (secondary N) is 8. The zero-order valence-corrected chi connectivity index (χ0v) is 51.2. The van der Waals surface area contributed by atoms with Crippen molar-refractivity contribution in [2.75, 3.05) is 26.2 Å². The van der Waals surface area contributed by atoms with E-state index in [0.717, 1.165) is 11.1 Å². The molecule has 1 saturated heterocycles. The van der Waals surface area contributed by atoms with Gasteiger partial charge in [0.25, 0.3) is 5.91 Å². The summed E-state index contributed by atoms with van der Waals surface area (Å²) < 4.78 is 5.36. The summed E-state index contributed by atoms with van der Waals surface area (Å²) in [4.78, 5) is 140. The first kappa shape index (κ1) is 70.2. The molecule has 10 amide bonds. The monoisotopic (exact) mass is 1160 g/mol. The number of carbonyl (C=O) groups excluding carboxylic acids is 10. The quantitative estimate of drug-likeness (QED) is 0.0368. The Kier molecular flexibility index (Phi) is 29.7. The van der Waals surface area contributed by atoms with Crippen LogP contribution in [-0.4, -0.2) is 137 Å². The smallest absolute Gasteiger partial charge is 0.407 e. The first-order chi connectivity index (χ1) is 39.0. The summed E-state index contributed by atoms with van der Waals surface area (Å²) in [5.74, 6) is -5.51. The standard InChI is InChI=1S/C61H97N11O11/c1-38(2)31-47(55(77)66-48(32-39(3)4)56(78)67-49(33-40(5)6)57(79)70-69-52(74)35-44-22-24-45(36-62)25-23-44)65-54(76)46(27-26-43-19-14-13-15-20-43)64-53(75)37-71(29-17-16-28-63-60(82)83-61(10,11)12)59(81)50(34-41(7)8)68-58(80)51-21-18-30-72(51)42(9)73/h13-15,19-20,22-25,38-41,46-51H,16-18,21,26-37,62H2,1-12H3,(H,63,82)(H,64,75)(H,65,76)(H,66,77)(H,67,78)(H,68,80)(H,69,74)(H,70,79)/t46-,47-,48-,49+,50-,51-/m0/s1. The molecule has 0 aromatic heterocycles. The Morgan fingerprint density at radius 3 is 1.65 bits per heavy atom. The zero-order valence-electron chi connectivity index (χ0n) is 51.2. The van der Waals surface area contributed by atoms with E-state index in [1.807, 2.05) is 97.9 Å². The van der Waals surface area contributed by atoms with Gasteiger partial charge in [-0.25, -0.2) is 4.79 Å². The third-order valence-corrected chi connectivity index (χ3v) is 13.6. The molecular weight excluding hydrogens is 1060 g/mol. The number of hydrogen-bond donors (Lipinski definition) is 9. The molecule has 0 unspecified atom stereocenters. The van der Waals surface area contributed by atoms with Crippen molar-refractivity contribution in [3.8, 4) is 0 Å². The van der Waals surface area contributed by atoms with Gasteiger partial charge in [-0.2, -0.15) is 0 Å². The van der Waals surface area contributed by atoms with Gasteiger partial charge in [-0.15, -0.1) is 0 Å². The maximum absolute atomic E-state index is 14.7. The summed E-state index contributed by atoms with van der Waals surface area (Å²) in [7, 11) is 0. The lowest BCUT2D eigenvalue weighted by molar-refractivity contribution is -0.142. The Hall–Kier alpha value is -7.10. The van der Waals surface area contributed by atoms with E-state index in [2.05, 4.69) is 42.8 Å². The normalized spacial score (nSPS) is 15.1. The van der Waals surface area contributed by atoms with Crippen molar-refractivity contribution in [1.29, 1.82) is 0 Å². The van der Waals surface area contributed by atoms with Crippen molar-refractivity contribution in [3.63, 3.8) is 0 Å². The van der Waals surface area contributed by atoms with Crippen LogP contribution in [0.25, 0.3) is 0 Å². The van der Waals surface area contributed by atoms with Gasteiger partial charge in [-0.1, -0.05) is 110 Å². The number of alkyl carbamates (subject to hydrolysis) is 1. The Balaban J connectivity index is 1.89. The van der Waals surface area contributed by atoms with E-state index in [1.165, 1.54) is 16.7 Å². The molecule has 1 aliphatic heterocycles. The molecule has 1 fully saturated rings. The number of likely N-dealkylation sites (tertiary alicyclic amines) is 1. The van der Waals surface area contributed by atoms with Crippen molar-refractivity contribution in [2.45, 2.75) is 202 Å². The minimum Gasteiger partial charge on any atom is -0.444 e. The van der Waals surface area contributed by atoms with Crippen molar-refractivity contribution in [3.05, 3.63) is 71.3 Å². The van der Waals surface area contributed by atoms with Gasteiger partial charge in [0, 0.05) is 33.1 Å². The van der Waals surface area contributed by atoms with Gasteiger partial charge < -0.3 is 52.2 Å². The van der Waals surface area contributed by atoms with Crippen molar-refractivity contribution in [2.24, 2.45) is 29.4 Å². The van der Waals surface area contributed by atoms with Crippen LogP contribution in [0.4, 0.5) is 4.79 Å². The van der Waals surface area contributed by atoms with Crippen LogP contribution < -0.4 is 48.5 Å². The highest BCUT2D eigenvalue weighted by Gasteiger charge is 2.37. The van der Waals surface area contributed by atoms with Crippen LogP contribution >= 0.6 is 0 Å². The van der Waals surface area contributed by atoms with Crippen molar-refractivity contribution < 1.29 is 52.7 Å². The van der Waals surface area contributed by atoms with Gasteiger partial charge in [-0.05, 0) is 125 Å². The van der Waals surface area contributed by atoms with E-state index in [0.29, 0.717) is 50.8 Å². The maximum Gasteiger partial charge on any atom is 0.407 e. The van der Waals surface area contributed by atoms with Gasteiger partial charge in [0.2, 0.25) is 47.3 Å². The predicted molar refractivity (Wildman–Crippen MR) is 317 cm³/mol. The molecule has 6 atom stereocenters. The Morgan fingerprint density at radius 2 is 1.13 bits per heavy atom. The molecule has 0 radical (unpaired) electrons. The summed E-state index contributed by atoms with van der Waals surface area (Å²) in [5.41, 5.74) is 12.3. The third-order valence-electron chi connectivity index (χ3n) is 13.6. The van der Waals surface area contributed by atoms with E-state index in [4.69, 9.17) is 10.5 Å². The first-order valence-corrected chi connectivity index (χ1v) is 29.5. The number of rotatable bonds is 32. The van der Waals surface area contributed by atoms with Gasteiger partial charge in [-0.3, -0.25) is 54.0 Å².